The Morgan fingerprint density at radius 3 is 3.06 bits per heavy atom. The summed E-state index contributed by atoms with van der Waals surface area (Å²) in [5.74, 6) is -0.607. The lowest BCUT2D eigenvalue weighted by molar-refractivity contribution is 0.0856. The highest BCUT2D eigenvalue weighted by Gasteiger charge is 2.18. The molecular weight excluding hydrogens is 287 g/mol. The molecule has 1 fully saturated rings. The molecule has 17 heavy (non-hydrogen) atoms. The minimum atomic E-state index is -0.453. The van der Waals surface area contributed by atoms with Gasteiger partial charge < -0.3 is 4.74 Å². The molecule has 1 atom stereocenters. The van der Waals surface area contributed by atoms with Gasteiger partial charge in [0.2, 0.25) is 0 Å². The molecule has 4 heteroatoms. The van der Waals surface area contributed by atoms with Crippen LogP contribution in [0.3, 0.4) is 0 Å². The molecular formula is C13H14BrFO2. The number of benzene rings is 1. The van der Waals surface area contributed by atoms with Crippen LogP contribution >= 0.6 is 15.9 Å². The normalized spacial score (nSPS) is 19.5. The van der Waals surface area contributed by atoms with E-state index >= 15 is 0 Å². The van der Waals surface area contributed by atoms with Gasteiger partial charge in [0.15, 0.2) is 5.78 Å². The van der Waals surface area contributed by atoms with Crippen molar-refractivity contribution in [3.63, 3.8) is 0 Å². The minimum absolute atomic E-state index is 0.153. The molecule has 0 N–H and O–H groups in total. The number of ketones is 1. The third-order valence-electron chi connectivity index (χ3n) is 2.95. The Morgan fingerprint density at radius 1 is 1.53 bits per heavy atom. The number of hydrogen-bond donors (Lipinski definition) is 0. The largest absolute Gasteiger partial charge is 0.378 e. The van der Waals surface area contributed by atoms with Gasteiger partial charge in [-0.2, -0.15) is 0 Å². The third kappa shape index (κ3) is 3.36. The summed E-state index contributed by atoms with van der Waals surface area (Å²) in [4.78, 5) is 11.9. The van der Waals surface area contributed by atoms with Crippen LogP contribution in [0.25, 0.3) is 0 Å². The van der Waals surface area contributed by atoms with E-state index in [2.05, 4.69) is 15.9 Å². The first-order valence-electron chi connectivity index (χ1n) is 5.76. The summed E-state index contributed by atoms with van der Waals surface area (Å²) in [6.07, 6.45) is 3.27. The van der Waals surface area contributed by atoms with E-state index in [0.717, 1.165) is 23.9 Å². The van der Waals surface area contributed by atoms with Crippen LogP contribution in [-0.2, 0) is 4.74 Å². The van der Waals surface area contributed by atoms with Crippen LogP contribution in [0.5, 0.6) is 0 Å². The number of carbonyl (C=O) groups is 1. The van der Waals surface area contributed by atoms with Crippen molar-refractivity contribution < 1.29 is 13.9 Å². The minimum Gasteiger partial charge on any atom is -0.378 e. The molecule has 1 aliphatic heterocycles. The number of carbonyl (C=O) groups excluding carboxylic acids is 1. The fourth-order valence-corrected chi connectivity index (χ4v) is 2.37. The molecule has 0 aliphatic carbocycles. The van der Waals surface area contributed by atoms with E-state index in [1.54, 1.807) is 6.07 Å². The second-order valence-electron chi connectivity index (χ2n) is 4.22. The monoisotopic (exact) mass is 300 g/mol. The maximum absolute atomic E-state index is 13.4. The summed E-state index contributed by atoms with van der Waals surface area (Å²) < 4.78 is 19.6. The van der Waals surface area contributed by atoms with Gasteiger partial charge in [0.1, 0.15) is 5.82 Å². The van der Waals surface area contributed by atoms with Crippen molar-refractivity contribution in [2.75, 3.05) is 6.61 Å². The number of ether oxygens (including phenoxy) is 1. The first kappa shape index (κ1) is 12.7. The van der Waals surface area contributed by atoms with Crippen LogP contribution in [0.2, 0.25) is 0 Å². The molecule has 0 bridgehead atoms. The van der Waals surface area contributed by atoms with Crippen molar-refractivity contribution in [1.29, 1.82) is 0 Å². The lowest BCUT2D eigenvalue weighted by Crippen LogP contribution is -2.10. The summed E-state index contributed by atoms with van der Waals surface area (Å²) in [6, 6.07) is 4.43. The molecule has 0 radical (unpaired) electrons. The fourth-order valence-electron chi connectivity index (χ4n) is 2.01. The highest BCUT2D eigenvalue weighted by Crippen LogP contribution is 2.21. The molecule has 1 heterocycles. The highest BCUT2D eigenvalue weighted by atomic mass is 79.9. The molecule has 0 aromatic heterocycles. The smallest absolute Gasteiger partial charge is 0.165 e. The average molecular weight is 301 g/mol. The molecule has 1 aliphatic rings. The second kappa shape index (κ2) is 5.74. The van der Waals surface area contributed by atoms with Gasteiger partial charge in [-0.15, -0.1) is 0 Å². The zero-order chi connectivity index (χ0) is 12.3. The summed E-state index contributed by atoms with van der Waals surface area (Å²) in [6.45, 7) is 0.782. The Bertz CT molecular complexity index is 414. The predicted octanol–water partition coefficient (Wildman–Crippen LogP) is 3.73. The van der Waals surface area contributed by atoms with Gasteiger partial charge in [0.25, 0.3) is 0 Å². The Hall–Kier alpha value is -0.740. The van der Waals surface area contributed by atoms with Gasteiger partial charge >= 0.3 is 0 Å². The van der Waals surface area contributed by atoms with Crippen molar-refractivity contribution in [3.05, 3.63) is 34.1 Å². The number of halogens is 2. The first-order chi connectivity index (χ1) is 8.16. The van der Waals surface area contributed by atoms with Crippen LogP contribution < -0.4 is 0 Å². The van der Waals surface area contributed by atoms with Crippen LogP contribution in [0.4, 0.5) is 4.39 Å². The van der Waals surface area contributed by atoms with Crippen molar-refractivity contribution in [2.24, 2.45) is 0 Å². The van der Waals surface area contributed by atoms with Gasteiger partial charge in [-0.1, -0.05) is 15.9 Å². The first-order valence-corrected chi connectivity index (χ1v) is 6.56. The van der Waals surface area contributed by atoms with E-state index in [4.69, 9.17) is 4.74 Å². The van der Waals surface area contributed by atoms with E-state index in [1.165, 1.54) is 12.1 Å². The van der Waals surface area contributed by atoms with Gasteiger partial charge in [0, 0.05) is 17.5 Å². The second-order valence-corrected chi connectivity index (χ2v) is 5.14. The molecule has 0 spiro atoms. The summed E-state index contributed by atoms with van der Waals surface area (Å²) >= 11 is 3.24. The molecule has 1 unspecified atom stereocenters. The van der Waals surface area contributed by atoms with E-state index in [-0.39, 0.29) is 17.5 Å². The van der Waals surface area contributed by atoms with Crippen molar-refractivity contribution in [1.82, 2.24) is 0 Å². The highest BCUT2D eigenvalue weighted by molar-refractivity contribution is 9.10. The molecule has 0 saturated carbocycles. The Morgan fingerprint density at radius 2 is 2.35 bits per heavy atom. The SMILES string of the molecule is O=C(CCC1CCCO1)c1cc(Br)ccc1F. The van der Waals surface area contributed by atoms with Crippen molar-refractivity contribution in [2.45, 2.75) is 31.8 Å². The lowest BCUT2D eigenvalue weighted by atomic mass is 10.0. The lowest BCUT2D eigenvalue weighted by Gasteiger charge is -2.08. The molecule has 2 nitrogen and oxygen atoms in total. The Kier molecular flexibility index (Phi) is 4.29. The zero-order valence-corrected chi connectivity index (χ0v) is 11.0. The molecule has 1 aromatic rings. The number of Topliss-reactive ketones (excluding diaryl/α,β-unsaturated/α-hetero) is 1. The Labute approximate surface area is 108 Å². The van der Waals surface area contributed by atoms with Crippen molar-refractivity contribution in [3.8, 4) is 0 Å². The number of hydrogen-bond acceptors (Lipinski definition) is 2. The number of rotatable bonds is 4. The van der Waals surface area contributed by atoms with E-state index in [0.29, 0.717) is 12.8 Å². The summed E-state index contributed by atoms with van der Waals surface area (Å²) in [5, 5.41) is 0. The maximum atomic E-state index is 13.4. The van der Waals surface area contributed by atoms with Gasteiger partial charge in [-0.05, 0) is 37.5 Å². The van der Waals surface area contributed by atoms with Crippen molar-refractivity contribution >= 4 is 21.7 Å². The van der Waals surface area contributed by atoms with E-state index < -0.39 is 5.82 Å². The van der Waals surface area contributed by atoms with E-state index in [9.17, 15) is 9.18 Å². The average Bonchev–Trinajstić information content (AvgIpc) is 2.82. The quantitative estimate of drug-likeness (QED) is 0.792. The van der Waals surface area contributed by atoms with Gasteiger partial charge in [-0.3, -0.25) is 4.79 Å². The molecule has 0 amide bonds. The van der Waals surface area contributed by atoms with Gasteiger partial charge in [-0.25, -0.2) is 4.39 Å². The van der Waals surface area contributed by atoms with E-state index in [1.807, 2.05) is 0 Å². The van der Waals surface area contributed by atoms with Crippen LogP contribution in [-0.4, -0.2) is 18.5 Å². The molecule has 1 aromatic carbocycles. The van der Waals surface area contributed by atoms with Crippen LogP contribution in [0, 0.1) is 5.82 Å². The van der Waals surface area contributed by atoms with Crippen LogP contribution in [0.1, 0.15) is 36.0 Å². The Balaban J connectivity index is 1.96. The summed E-state index contributed by atoms with van der Waals surface area (Å²) in [5.41, 5.74) is 0.164. The van der Waals surface area contributed by atoms with Crippen LogP contribution in [0.15, 0.2) is 22.7 Å². The standard InChI is InChI=1S/C13H14BrFO2/c14-9-3-5-12(15)11(8-9)13(16)6-4-10-2-1-7-17-10/h3,5,8,10H,1-2,4,6-7H2. The molecule has 1 saturated heterocycles. The summed E-state index contributed by atoms with van der Waals surface area (Å²) in [7, 11) is 0. The maximum Gasteiger partial charge on any atom is 0.165 e. The zero-order valence-electron chi connectivity index (χ0n) is 9.42. The molecule has 2 rings (SSSR count). The third-order valence-corrected chi connectivity index (χ3v) is 3.44. The predicted molar refractivity (Wildman–Crippen MR) is 66.6 cm³/mol. The fraction of sp³-hybridized carbons (Fsp3) is 0.462. The van der Waals surface area contributed by atoms with Gasteiger partial charge in [0.05, 0.1) is 11.7 Å². The topological polar surface area (TPSA) is 26.3 Å². The molecule has 92 valence electrons.